The maximum absolute atomic E-state index is 9.11. The SMILES string of the molecule is Cc1nc(C2CCCO2)c(CO)s1. The van der Waals surface area contributed by atoms with E-state index >= 15 is 0 Å². The van der Waals surface area contributed by atoms with E-state index in [9.17, 15) is 0 Å². The number of ether oxygens (including phenoxy) is 1. The van der Waals surface area contributed by atoms with Crippen LogP contribution in [0.25, 0.3) is 0 Å². The zero-order valence-electron chi connectivity index (χ0n) is 7.62. The van der Waals surface area contributed by atoms with Gasteiger partial charge in [0.1, 0.15) is 6.10 Å². The highest BCUT2D eigenvalue weighted by Gasteiger charge is 2.23. The summed E-state index contributed by atoms with van der Waals surface area (Å²) in [5.41, 5.74) is 0.961. The van der Waals surface area contributed by atoms with E-state index in [1.54, 1.807) is 11.3 Å². The number of aliphatic hydroxyl groups is 1. The van der Waals surface area contributed by atoms with Crippen LogP contribution < -0.4 is 0 Å². The lowest BCUT2D eigenvalue weighted by Crippen LogP contribution is -1.99. The van der Waals surface area contributed by atoms with E-state index in [4.69, 9.17) is 9.84 Å². The number of aromatic nitrogens is 1. The predicted octanol–water partition coefficient (Wildman–Crippen LogP) is 1.80. The highest BCUT2D eigenvalue weighted by molar-refractivity contribution is 7.11. The first-order valence-electron chi connectivity index (χ1n) is 4.50. The Balaban J connectivity index is 2.26. The third kappa shape index (κ3) is 1.75. The van der Waals surface area contributed by atoms with Gasteiger partial charge < -0.3 is 9.84 Å². The molecule has 1 aromatic rings. The van der Waals surface area contributed by atoms with E-state index < -0.39 is 0 Å². The molecular weight excluding hydrogens is 186 g/mol. The molecule has 1 N–H and O–H groups in total. The van der Waals surface area contributed by atoms with Crippen LogP contribution in [0.2, 0.25) is 0 Å². The summed E-state index contributed by atoms with van der Waals surface area (Å²) in [7, 11) is 0. The number of aryl methyl sites for hydroxylation is 1. The molecule has 0 bridgehead atoms. The van der Waals surface area contributed by atoms with Crippen molar-refractivity contribution in [3.63, 3.8) is 0 Å². The molecule has 1 saturated heterocycles. The van der Waals surface area contributed by atoms with Gasteiger partial charge in [-0.15, -0.1) is 11.3 Å². The summed E-state index contributed by atoms with van der Waals surface area (Å²) in [6.45, 7) is 2.87. The Bertz CT molecular complexity index is 292. The molecule has 13 heavy (non-hydrogen) atoms. The number of hydrogen-bond acceptors (Lipinski definition) is 4. The van der Waals surface area contributed by atoms with Gasteiger partial charge in [-0.1, -0.05) is 0 Å². The molecule has 1 aliphatic rings. The van der Waals surface area contributed by atoms with Crippen LogP contribution in [0.5, 0.6) is 0 Å². The van der Waals surface area contributed by atoms with Crippen molar-refractivity contribution in [2.24, 2.45) is 0 Å². The lowest BCUT2D eigenvalue weighted by atomic mass is 10.1. The van der Waals surface area contributed by atoms with E-state index in [1.807, 2.05) is 6.92 Å². The van der Waals surface area contributed by atoms with Crippen molar-refractivity contribution < 1.29 is 9.84 Å². The van der Waals surface area contributed by atoms with Crippen LogP contribution >= 0.6 is 11.3 Å². The third-order valence-corrected chi connectivity index (χ3v) is 3.18. The number of hydrogen-bond donors (Lipinski definition) is 1. The summed E-state index contributed by atoms with van der Waals surface area (Å²) in [6.07, 6.45) is 2.27. The summed E-state index contributed by atoms with van der Waals surface area (Å²) in [5, 5.41) is 10.1. The second-order valence-corrected chi connectivity index (χ2v) is 4.49. The largest absolute Gasteiger partial charge is 0.391 e. The van der Waals surface area contributed by atoms with Crippen molar-refractivity contribution in [1.29, 1.82) is 0 Å². The Morgan fingerprint density at radius 1 is 1.69 bits per heavy atom. The first kappa shape index (κ1) is 9.12. The minimum absolute atomic E-state index is 0.0840. The van der Waals surface area contributed by atoms with Crippen LogP contribution in [0, 0.1) is 6.92 Å². The highest BCUT2D eigenvalue weighted by Crippen LogP contribution is 2.32. The smallest absolute Gasteiger partial charge is 0.101 e. The molecule has 0 saturated carbocycles. The molecule has 2 heterocycles. The van der Waals surface area contributed by atoms with Gasteiger partial charge in [0.2, 0.25) is 0 Å². The summed E-state index contributed by atoms with van der Waals surface area (Å²) in [6, 6.07) is 0. The van der Waals surface area contributed by atoms with Crippen molar-refractivity contribution in [3.05, 3.63) is 15.6 Å². The zero-order chi connectivity index (χ0) is 9.26. The molecule has 0 amide bonds. The maximum Gasteiger partial charge on any atom is 0.101 e. The lowest BCUT2D eigenvalue weighted by Gasteiger charge is -2.06. The van der Waals surface area contributed by atoms with Crippen molar-refractivity contribution in [1.82, 2.24) is 4.98 Å². The zero-order valence-corrected chi connectivity index (χ0v) is 8.43. The third-order valence-electron chi connectivity index (χ3n) is 2.21. The quantitative estimate of drug-likeness (QED) is 0.789. The van der Waals surface area contributed by atoms with E-state index in [2.05, 4.69) is 4.98 Å². The van der Waals surface area contributed by atoms with E-state index in [0.717, 1.165) is 35.0 Å². The first-order valence-corrected chi connectivity index (χ1v) is 5.31. The Hall–Kier alpha value is -0.450. The number of nitrogens with zero attached hydrogens (tertiary/aromatic N) is 1. The predicted molar refractivity (Wildman–Crippen MR) is 50.7 cm³/mol. The van der Waals surface area contributed by atoms with Gasteiger partial charge in [0.15, 0.2) is 0 Å². The summed E-state index contributed by atoms with van der Waals surface area (Å²) >= 11 is 1.56. The second kappa shape index (κ2) is 3.74. The molecule has 0 aliphatic carbocycles. The molecule has 3 nitrogen and oxygen atoms in total. The molecule has 0 aromatic carbocycles. The van der Waals surface area contributed by atoms with E-state index in [-0.39, 0.29) is 12.7 Å². The van der Waals surface area contributed by atoms with Crippen LogP contribution in [0.3, 0.4) is 0 Å². The van der Waals surface area contributed by atoms with Crippen LogP contribution in [0.1, 0.15) is 34.5 Å². The van der Waals surface area contributed by atoms with Crippen LogP contribution in [-0.2, 0) is 11.3 Å². The van der Waals surface area contributed by atoms with Crippen LogP contribution in [0.15, 0.2) is 0 Å². The maximum atomic E-state index is 9.11. The lowest BCUT2D eigenvalue weighted by molar-refractivity contribution is 0.107. The van der Waals surface area contributed by atoms with Gasteiger partial charge >= 0.3 is 0 Å². The van der Waals surface area contributed by atoms with Crippen molar-refractivity contribution >= 4 is 11.3 Å². The van der Waals surface area contributed by atoms with E-state index in [0.29, 0.717) is 0 Å². The number of aliphatic hydroxyl groups excluding tert-OH is 1. The van der Waals surface area contributed by atoms with E-state index in [1.165, 1.54) is 0 Å². The van der Waals surface area contributed by atoms with Crippen molar-refractivity contribution in [2.75, 3.05) is 6.61 Å². The topological polar surface area (TPSA) is 42.4 Å². The van der Waals surface area contributed by atoms with Crippen molar-refractivity contribution in [2.45, 2.75) is 32.5 Å². The molecule has 1 atom stereocenters. The Morgan fingerprint density at radius 3 is 3.15 bits per heavy atom. The van der Waals surface area contributed by atoms with Gasteiger partial charge in [0.25, 0.3) is 0 Å². The summed E-state index contributed by atoms with van der Waals surface area (Å²) in [4.78, 5) is 5.36. The first-order chi connectivity index (χ1) is 6.31. The fourth-order valence-electron chi connectivity index (χ4n) is 1.64. The van der Waals surface area contributed by atoms with Crippen LogP contribution in [0.4, 0.5) is 0 Å². The second-order valence-electron chi connectivity index (χ2n) is 3.20. The van der Waals surface area contributed by atoms with Gasteiger partial charge in [-0.25, -0.2) is 4.98 Å². The Labute approximate surface area is 81.4 Å². The minimum Gasteiger partial charge on any atom is -0.391 e. The average molecular weight is 199 g/mol. The molecule has 4 heteroatoms. The minimum atomic E-state index is 0.0840. The van der Waals surface area contributed by atoms with Crippen LogP contribution in [-0.4, -0.2) is 16.7 Å². The molecule has 1 aromatic heterocycles. The fourth-order valence-corrected chi connectivity index (χ4v) is 2.49. The standard InChI is InChI=1S/C9H13NO2S/c1-6-10-9(8(5-11)13-6)7-3-2-4-12-7/h7,11H,2-5H2,1H3. The molecule has 1 fully saturated rings. The number of rotatable bonds is 2. The Morgan fingerprint density at radius 2 is 2.54 bits per heavy atom. The molecule has 0 radical (unpaired) electrons. The monoisotopic (exact) mass is 199 g/mol. The highest BCUT2D eigenvalue weighted by atomic mass is 32.1. The normalized spacial score (nSPS) is 22.5. The molecule has 2 rings (SSSR count). The average Bonchev–Trinajstić information content (AvgIpc) is 2.71. The summed E-state index contributed by atoms with van der Waals surface area (Å²) < 4.78 is 5.53. The molecule has 0 spiro atoms. The molecular formula is C9H13NO2S. The fraction of sp³-hybridized carbons (Fsp3) is 0.667. The van der Waals surface area contributed by atoms with Gasteiger partial charge in [0.05, 0.1) is 22.2 Å². The number of thiazole rings is 1. The van der Waals surface area contributed by atoms with Gasteiger partial charge in [-0.05, 0) is 19.8 Å². The Kier molecular flexibility index (Phi) is 2.62. The summed E-state index contributed by atoms with van der Waals surface area (Å²) in [5.74, 6) is 0. The molecule has 1 aliphatic heterocycles. The molecule has 72 valence electrons. The van der Waals surface area contributed by atoms with Gasteiger partial charge in [-0.3, -0.25) is 0 Å². The molecule has 1 unspecified atom stereocenters. The van der Waals surface area contributed by atoms with Gasteiger partial charge in [-0.2, -0.15) is 0 Å². The van der Waals surface area contributed by atoms with Gasteiger partial charge in [0, 0.05) is 6.61 Å². The van der Waals surface area contributed by atoms with Crippen molar-refractivity contribution in [3.8, 4) is 0 Å².